The van der Waals surface area contributed by atoms with Crippen molar-refractivity contribution >= 4 is 35.3 Å². The second-order valence-electron chi connectivity index (χ2n) is 2.60. The van der Waals surface area contributed by atoms with Crippen LogP contribution < -0.4 is 4.72 Å². The van der Waals surface area contributed by atoms with Gasteiger partial charge in [0.1, 0.15) is 5.70 Å². The molecule has 0 radical (unpaired) electrons. The minimum absolute atomic E-state index is 0.390. The van der Waals surface area contributed by atoms with Gasteiger partial charge < -0.3 is 9.46 Å². The van der Waals surface area contributed by atoms with E-state index >= 15 is 0 Å². The molecule has 1 aromatic heterocycles. The molecule has 15 heavy (non-hydrogen) atoms. The first kappa shape index (κ1) is 10.2. The van der Waals surface area contributed by atoms with Crippen LogP contribution in [0.5, 0.6) is 0 Å². The predicted molar refractivity (Wildman–Crippen MR) is 59.5 cm³/mol. The SMILES string of the molecule is COC(=O)C1=CC(c2ccns2)=NSN1. The summed E-state index contributed by atoms with van der Waals surface area (Å²) in [6.45, 7) is 0. The molecule has 78 valence electrons. The number of ether oxygens (including phenoxy) is 1. The van der Waals surface area contributed by atoms with Crippen molar-refractivity contribution in [1.82, 2.24) is 9.10 Å². The summed E-state index contributed by atoms with van der Waals surface area (Å²) >= 11 is 2.43. The fraction of sp³-hybridized carbons (Fsp3) is 0.125. The fourth-order valence-corrected chi connectivity index (χ4v) is 2.14. The Hall–Kier alpha value is -1.34. The third kappa shape index (κ3) is 2.18. The second-order valence-corrected chi connectivity index (χ2v) is 4.00. The molecule has 1 aliphatic heterocycles. The lowest BCUT2D eigenvalue weighted by atomic mass is 10.2. The smallest absolute Gasteiger partial charge is 0.355 e. The van der Waals surface area contributed by atoms with Crippen LogP contribution in [0, 0.1) is 0 Å². The van der Waals surface area contributed by atoms with Crippen LogP contribution in [0.3, 0.4) is 0 Å². The zero-order valence-electron chi connectivity index (χ0n) is 7.76. The quantitative estimate of drug-likeness (QED) is 0.621. The maximum atomic E-state index is 11.2. The first-order valence-corrected chi connectivity index (χ1v) is 5.57. The van der Waals surface area contributed by atoms with Crippen LogP contribution in [0.2, 0.25) is 0 Å². The summed E-state index contributed by atoms with van der Waals surface area (Å²) < 4.78 is 15.5. The summed E-state index contributed by atoms with van der Waals surface area (Å²) in [6.07, 6.45) is 3.34. The molecule has 2 heterocycles. The van der Waals surface area contributed by atoms with Crippen molar-refractivity contribution in [1.29, 1.82) is 0 Å². The number of nitrogens with zero attached hydrogens (tertiary/aromatic N) is 2. The Morgan fingerprint density at radius 2 is 2.47 bits per heavy atom. The predicted octanol–water partition coefficient (Wildman–Crippen LogP) is 1.16. The number of carbonyl (C=O) groups is 1. The fourth-order valence-electron chi connectivity index (χ4n) is 0.988. The molecule has 0 saturated heterocycles. The van der Waals surface area contributed by atoms with Crippen molar-refractivity contribution in [2.45, 2.75) is 0 Å². The highest BCUT2D eigenvalue weighted by atomic mass is 32.2. The van der Waals surface area contributed by atoms with Crippen molar-refractivity contribution in [2.24, 2.45) is 4.40 Å². The topological polar surface area (TPSA) is 63.6 Å². The highest BCUT2D eigenvalue weighted by Crippen LogP contribution is 2.17. The van der Waals surface area contributed by atoms with Gasteiger partial charge >= 0.3 is 5.97 Å². The molecule has 1 aromatic rings. The first-order valence-electron chi connectivity index (χ1n) is 4.02. The number of rotatable bonds is 2. The number of nitrogens with one attached hydrogen (secondary N) is 1. The Morgan fingerprint density at radius 1 is 1.60 bits per heavy atom. The molecule has 0 bridgehead atoms. The molecule has 0 aliphatic carbocycles. The van der Waals surface area contributed by atoms with E-state index in [1.807, 2.05) is 6.07 Å². The lowest BCUT2D eigenvalue weighted by molar-refractivity contribution is -0.136. The normalized spacial score (nSPS) is 15.0. The van der Waals surface area contributed by atoms with E-state index in [0.717, 1.165) is 22.7 Å². The molecular formula is C8H7N3O2S2. The molecule has 1 aliphatic rings. The lowest BCUT2D eigenvalue weighted by Crippen LogP contribution is -2.19. The summed E-state index contributed by atoms with van der Waals surface area (Å²) in [5.74, 6) is -0.403. The van der Waals surface area contributed by atoms with Gasteiger partial charge in [0.15, 0.2) is 0 Å². The van der Waals surface area contributed by atoms with Gasteiger partial charge in [0.2, 0.25) is 0 Å². The van der Waals surface area contributed by atoms with Gasteiger partial charge in [0.05, 0.1) is 29.8 Å². The van der Waals surface area contributed by atoms with Gasteiger partial charge in [-0.05, 0) is 23.7 Å². The maximum Gasteiger partial charge on any atom is 0.355 e. The Bertz CT molecular complexity index is 425. The number of carbonyl (C=O) groups excluding carboxylic acids is 1. The van der Waals surface area contributed by atoms with Crippen LogP contribution >= 0.6 is 23.7 Å². The molecular weight excluding hydrogens is 234 g/mol. The molecule has 0 amide bonds. The highest BCUT2D eigenvalue weighted by molar-refractivity contribution is 7.96. The minimum atomic E-state index is -0.403. The van der Waals surface area contributed by atoms with Crippen molar-refractivity contribution in [3.05, 3.63) is 28.9 Å². The van der Waals surface area contributed by atoms with Crippen molar-refractivity contribution in [3.63, 3.8) is 0 Å². The van der Waals surface area contributed by atoms with Crippen LogP contribution in [0.15, 0.2) is 28.4 Å². The monoisotopic (exact) mass is 241 g/mol. The Kier molecular flexibility index (Phi) is 3.02. The number of hydrogen-bond acceptors (Lipinski definition) is 7. The van der Waals surface area contributed by atoms with Gasteiger partial charge in [-0.3, -0.25) is 0 Å². The van der Waals surface area contributed by atoms with E-state index in [2.05, 4.69) is 18.2 Å². The van der Waals surface area contributed by atoms with Gasteiger partial charge in [-0.15, -0.1) is 0 Å². The van der Waals surface area contributed by atoms with Gasteiger partial charge in [0, 0.05) is 6.20 Å². The summed E-state index contributed by atoms with van der Waals surface area (Å²) in [5, 5.41) is 0. The van der Waals surface area contributed by atoms with Crippen LogP contribution in [-0.2, 0) is 9.53 Å². The van der Waals surface area contributed by atoms with Crippen LogP contribution in [0.25, 0.3) is 0 Å². The number of hydrogen-bond donors (Lipinski definition) is 1. The molecule has 7 heteroatoms. The standard InChI is InChI=1S/C8H7N3O2S2/c1-13-8(12)6-4-5(10-15-11-6)7-2-3-9-14-7/h2-4,11H,1H3. The van der Waals surface area contributed by atoms with Gasteiger partial charge in [-0.2, -0.15) is 4.40 Å². The number of esters is 1. The van der Waals surface area contributed by atoms with E-state index in [1.54, 1.807) is 12.3 Å². The van der Waals surface area contributed by atoms with E-state index in [9.17, 15) is 4.79 Å². The van der Waals surface area contributed by atoms with Crippen molar-refractivity contribution in [2.75, 3.05) is 7.11 Å². The largest absolute Gasteiger partial charge is 0.464 e. The van der Waals surface area contributed by atoms with Gasteiger partial charge in [-0.25, -0.2) is 9.17 Å². The molecule has 0 aromatic carbocycles. The van der Waals surface area contributed by atoms with Crippen molar-refractivity contribution in [3.8, 4) is 0 Å². The number of allylic oxidation sites excluding steroid dienone is 1. The molecule has 0 unspecified atom stereocenters. The zero-order chi connectivity index (χ0) is 10.7. The summed E-state index contributed by atoms with van der Waals surface area (Å²) in [7, 11) is 1.34. The number of aromatic nitrogens is 1. The molecule has 0 saturated carbocycles. The minimum Gasteiger partial charge on any atom is -0.464 e. The van der Waals surface area contributed by atoms with Gasteiger partial charge in [0.25, 0.3) is 0 Å². The second kappa shape index (κ2) is 4.45. The summed E-state index contributed by atoms with van der Waals surface area (Å²) in [5.41, 5.74) is 1.11. The molecule has 1 N–H and O–H groups in total. The maximum absolute atomic E-state index is 11.2. The van der Waals surface area contributed by atoms with Crippen molar-refractivity contribution < 1.29 is 9.53 Å². The Morgan fingerprint density at radius 3 is 3.13 bits per heavy atom. The number of methoxy groups -OCH3 is 1. The Labute approximate surface area is 94.7 Å². The van der Waals surface area contributed by atoms with Crippen LogP contribution in [0.1, 0.15) is 4.88 Å². The Balaban J connectivity index is 2.25. The van der Waals surface area contributed by atoms with Gasteiger partial charge in [-0.1, -0.05) is 0 Å². The molecule has 5 nitrogen and oxygen atoms in total. The van der Waals surface area contributed by atoms with E-state index in [-0.39, 0.29) is 0 Å². The van der Waals surface area contributed by atoms with E-state index in [4.69, 9.17) is 0 Å². The molecule has 2 rings (SSSR count). The average molecular weight is 241 g/mol. The average Bonchev–Trinajstić information content (AvgIpc) is 2.82. The molecule has 0 spiro atoms. The highest BCUT2D eigenvalue weighted by Gasteiger charge is 2.16. The molecule has 0 atom stereocenters. The van der Waals surface area contributed by atoms with Crippen LogP contribution in [-0.4, -0.2) is 23.2 Å². The zero-order valence-corrected chi connectivity index (χ0v) is 9.39. The first-order chi connectivity index (χ1) is 7.31. The third-order valence-corrected chi connectivity index (χ3v) is 3.04. The third-order valence-electron chi connectivity index (χ3n) is 1.68. The van der Waals surface area contributed by atoms with E-state index < -0.39 is 5.97 Å². The summed E-state index contributed by atoms with van der Waals surface area (Å²) in [4.78, 5) is 12.2. The van der Waals surface area contributed by atoms with Crippen LogP contribution in [0.4, 0.5) is 0 Å². The van der Waals surface area contributed by atoms with E-state index in [1.165, 1.54) is 18.6 Å². The van der Waals surface area contributed by atoms with E-state index in [0.29, 0.717) is 5.70 Å². The lowest BCUT2D eigenvalue weighted by Gasteiger charge is -2.10. The molecule has 0 fully saturated rings. The summed E-state index contributed by atoms with van der Waals surface area (Å²) in [6, 6.07) is 1.85.